The van der Waals surface area contributed by atoms with Crippen LogP contribution in [0.1, 0.15) is 75.3 Å². The van der Waals surface area contributed by atoms with E-state index in [-0.39, 0.29) is 37.7 Å². The molecule has 2 aromatic carbocycles. The fourth-order valence-corrected chi connectivity index (χ4v) is 6.97. The summed E-state index contributed by atoms with van der Waals surface area (Å²) in [5.74, 6) is 0.985. The maximum Gasteiger partial charge on any atom is 0.162 e. The molecule has 6 rings (SSSR count). The van der Waals surface area contributed by atoms with E-state index in [0.717, 1.165) is 48.0 Å². The second kappa shape index (κ2) is 13.8. The van der Waals surface area contributed by atoms with Gasteiger partial charge in [-0.2, -0.15) is 0 Å². The van der Waals surface area contributed by atoms with Crippen molar-refractivity contribution in [1.29, 1.82) is 0 Å². The number of allylic oxidation sites excluding steroid dienone is 2. The summed E-state index contributed by atoms with van der Waals surface area (Å²) in [7, 11) is 0. The Labute approximate surface area is 250 Å². The summed E-state index contributed by atoms with van der Waals surface area (Å²) in [4.78, 5) is 16.9. The van der Waals surface area contributed by atoms with Gasteiger partial charge >= 0.3 is 0 Å². The van der Waals surface area contributed by atoms with Crippen molar-refractivity contribution in [2.45, 2.75) is 78.1 Å². The second-order valence-electron chi connectivity index (χ2n) is 11.0. The van der Waals surface area contributed by atoms with Crippen LogP contribution in [0, 0.1) is 31.7 Å². The molecule has 2 saturated carbocycles. The zero-order valence-corrected chi connectivity index (χ0v) is 26.2. The van der Waals surface area contributed by atoms with Gasteiger partial charge in [0.15, 0.2) is 5.78 Å². The number of rotatable bonds is 4. The van der Waals surface area contributed by atoms with E-state index in [1.807, 2.05) is 6.07 Å². The standard InChI is InChI=1S/C19H14NS.C15H24O2.Ir/c1-12-9-13(2)11-14(10-12)18-16-7-8-21-19(16)15-5-3-4-6-17(15)20-18;16-14(12-7-3-1-4-8-12)11-15(17)13-9-5-2-6-10-13;/h3-10H,1-2H3;11-13,16H,1-10H2;/q-1;;/b;14-11-;. The number of thiophene rings is 1. The van der Waals surface area contributed by atoms with Crippen molar-refractivity contribution in [3.63, 3.8) is 0 Å². The zero-order chi connectivity index (χ0) is 26.5. The van der Waals surface area contributed by atoms with Gasteiger partial charge in [0.05, 0.1) is 11.3 Å². The molecule has 0 unspecified atom stereocenters. The van der Waals surface area contributed by atoms with E-state index in [4.69, 9.17) is 4.98 Å². The topological polar surface area (TPSA) is 50.2 Å². The number of aryl methyl sites for hydroxylation is 2. The SMILES string of the molecule is Cc1[c-]c(-c2nc3ccccc3c3sccc23)cc(C)c1.O=C(/C=C(\O)C1CCCCC1)C1CCCCC1.[Ir]. The minimum absolute atomic E-state index is 0. The number of fused-ring (bicyclic) bond motifs is 3. The molecule has 39 heavy (non-hydrogen) atoms. The fraction of sp³-hybridized carbons (Fsp3) is 0.412. The molecule has 3 nitrogen and oxygen atoms in total. The predicted molar refractivity (Wildman–Crippen MR) is 160 cm³/mol. The van der Waals surface area contributed by atoms with Gasteiger partial charge in [0, 0.05) is 48.1 Å². The number of pyridine rings is 1. The van der Waals surface area contributed by atoms with Gasteiger partial charge in [-0.3, -0.25) is 9.78 Å². The van der Waals surface area contributed by atoms with Gasteiger partial charge < -0.3 is 5.11 Å². The smallest absolute Gasteiger partial charge is 0.162 e. The van der Waals surface area contributed by atoms with Crippen molar-refractivity contribution in [2.24, 2.45) is 11.8 Å². The van der Waals surface area contributed by atoms with E-state index in [2.05, 4.69) is 61.7 Å². The number of ketones is 1. The number of aliphatic hydroxyl groups excluding tert-OH is 1. The first kappa shape index (κ1) is 29.6. The molecule has 2 heterocycles. The third-order valence-corrected chi connectivity index (χ3v) is 8.97. The number of aromatic nitrogens is 1. The quantitative estimate of drug-likeness (QED) is 0.130. The molecular formula is C34H38IrNO2S-. The maximum atomic E-state index is 12.0. The summed E-state index contributed by atoms with van der Waals surface area (Å²) >= 11 is 1.78. The van der Waals surface area contributed by atoms with Crippen molar-refractivity contribution in [2.75, 3.05) is 0 Å². The Morgan fingerprint density at radius 2 is 1.59 bits per heavy atom. The van der Waals surface area contributed by atoms with E-state index in [0.29, 0.717) is 5.76 Å². The molecule has 1 N–H and O–H groups in total. The summed E-state index contributed by atoms with van der Waals surface area (Å²) in [6.07, 6.45) is 13.0. The molecule has 0 bridgehead atoms. The molecule has 5 heteroatoms. The van der Waals surface area contributed by atoms with E-state index < -0.39 is 0 Å². The summed E-state index contributed by atoms with van der Waals surface area (Å²) in [5, 5.41) is 14.6. The van der Waals surface area contributed by atoms with Crippen LogP contribution in [0.3, 0.4) is 0 Å². The van der Waals surface area contributed by atoms with Crippen LogP contribution in [0.25, 0.3) is 32.2 Å². The second-order valence-corrected chi connectivity index (χ2v) is 12.0. The molecule has 4 aromatic rings. The van der Waals surface area contributed by atoms with Crippen molar-refractivity contribution in [3.8, 4) is 11.3 Å². The van der Waals surface area contributed by atoms with Gasteiger partial charge in [0.25, 0.3) is 0 Å². The monoisotopic (exact) mass is 717 g/mol. The molecule has 0 atom stereocenters. The largest absolute Gasteiger partial charge is 0.512 e. The van der Waals surface area contributed by atoms with E-state index in [1.54, 1.807) is 17.4 Å². The van der Waals surface area contributed by atoms with Crippen LogP contribution in [0.4, 0.5) is 0 Å². The van der Waals surface area contributed by atoms with Gasteiger partial charge in [-0.05, 0) is 48.2 Å². The fourth-order valence-electron chi connectivity index (χ4n) is 6.04. The van der Waals surface area contributed by atoms with Crippen molar-refractivity contribution in [1.82, 2.24) is 4.98 Å². The van der Waals surface area contributed by atoms with Crippen LogP contribution in [0.5, 0.6) is 0 Å². The van der Waals surface area contributed by atoms with Gasteiger partial charge in [-0.15, -0.1) is 46.2 Å². The summed E-state index contributed by atoms with van der Waals surface area (Å²) in [6.45, 7) is 4.21. The predicted octanol–water partition coefficient (Wildman–Crippen LogP) is 9.69. The number of para-hydroxylation sites is 1. The zero-order valence-electron chi connectivity index (χ0n) is 23.0. The summed E-state index contributed by atoms with van der Waals surface area (Å²) < 4.78 is 1.31. The Bertz CT molecular complexity index is 1420. The molecule has 0 aliphatic heterocycles. The number of nitrogens with zero attached hydrogens (tertiary/aromatic N) is 1. The molecule has 0 saturated heterocycles. The van der Waals surface area contributed by atoms with Crippen LogP contribution >= 0.6 is 11.3 Å². The minimum Gasteiger partial charge on any atom is -0.512 e. The van der Waals surface area contributed by atoms with Crippen molar-refractivity contribution < 1.29 is 30.0 Å². The molecule has 2 aliphatic carbocycles. The van der Waals surface area contributed by atoms with Crippen molar-refractivity contribution >= 4 is 38.1 Å². The summed E-state index contributed by atoms with van der Waals surface area (Å²) in [6, 6.07) is 18.3. The van der Waals surface area contributed by atoms with Crippen LogP contribution in [0.2, 0.25) is 0 Å². The third kappa shape index (κ3) is 7.25. The average Bonchev–Trinajstić information content (AvgIpc) is 3.44. The Hall–Kier alpha value is -2.33. The van der Waals surface area contributed by atoms with Gasteiger partial charge in [0.1, 0.15) is 0 Å². The molecule has 207 valence electrons. The van der Waals surface area contributed by atoms with Gasteiger partial charge in [0.2, 0.25) is 0 Å². The molecule has 2 fully saturated rings. The normalized spacial score (nSPS) is 16.9. The molecule has 0 spiro atoms. The molecule has 2 aliphatic rings. The van der Waals surface area contributed by atoms with E-state index in [9.17, 15) is 9.90 Å². The molecular weight excluding hydrogens is 679 g/mol. The van der Waals surface area contributed by atoms with E-state index >= 15 is 0 Å². The number of carbonyl (C=O) groups excluding carboxylic acids is 1. The maximum absolute atomic E-state index is 12.0. The Balaban J connectivity index is 0.000000181. The first-order chi connectivity index (χ1) is 18.5. The number of benzene rings is 2. The number of aliphatic hydroxyl groups is 1. The molecule has 1 radical (unpaired) electrons. The van der Waals surface area contributed by atoms with Crippen LogP contribution in [0.15, 0.2) is 59.7 Å². The first-order valence-electron chi connectivity index (χ1n) is 14.2. The number of hydrogen-bond acceptors (Lipinski definition) is 4. The van der Waals surface area contributed by atoms with Gasteiger partial charge in [-0.25, -0.2) is 0 Å². The van der Waals surface area contributed by atoms with Crippen LogP contribution < -0.4 is 0 Å². The molecule has 0 amide bonds. The van der Waals surface area contributed by atoms with Crippen molar-refractivity contribution in [3.05, 3.63) is 76.9 Å². The minimum atomic E-state index is 0. The third-order valence-electron chi connectivity index (χ3n) is 8.03. The van der Waals surface area contributed by atoms with Crippen LogP contribution in [-0.2, 0) is 24.9 Å². The average molecular weight is 717 g/mol. The van der Waals surface area contributed by atoms with Crippen LogP contribution in [-0.4, -0.2) is 15.9 Å². The summed E-state index contributed by atoms with van der Waals surface area (Å²) in [5.41, 5.74) is 5.58. The Morgan fingerprint density at radius 3 is 2.28 bits per heavy atom. The Morgan fingerprint density at radius 1 is 0.923 bits per heavy atom. The van der Waals surface area contributed by atoms with E-state index in [1.165, 1.54) is 59.6 Å². The number of carbonyl (C=O) groups is 1. The molecule has 2 aromatic heterocycles. The Kier molecular flexibility index (Phi) is 10.5. The van der Waals surface area contributed by atoms with Gasteiger partial charge in [-0.1, -0.05) is 76.6 Å². The first-order valence-corrected chi connectivity index (χ1v) is 15.1. The number of hydrogen-bond donors (Lipinski definition) is 1.